The van der Waals surface area contributed by atoms with Gasteiger partial charge in [-0.25, -0.2) is 13.8 Å². The Balaban J connectivity index is 1.74. The first-order valence-corrected chi connectivity index (χ1v) is 9.76. The van der Waals surface area contributed by atoms with Crippen LogP contribution >= 0.6 is 11.6 Å². The van der Waals surface area contributed by atoms with Gasteiger partial charge in [0.1, 0.15) is 5.82 Å². The number of aromatic nitrogens is 2. The van der Waals surface area contributed by atoms with E-state index in [9.17, 15) is 18.4 Å². The fraction of sp³-hybridized carbons (Fsp3) is 0.0870. The van der Waals surface area contributed by atoms with Gasteiger partial charge in [-0.05, 0) is 29.8 Å². The molecule has 0 spiro atoms. The summed E-state index contributed by atoms with van der Waals surface area (Å²) in [5, 5.41) is 0.220. The van der Waals surface area contributed by atoms with Crippen LogP contribution < -0.4 is 5.56 Å². The number of halogens is 3. The average Bonchev–Trinajstić information content (AvgIpc) is 2.76. The molecule has 4 aromatic rings. The minimum atomic E-state index is -1.18. The predicted octanol–water partition coefficient (Wildman–Crippen LogP) is 4.70. The van der Waals surface area contributed by atoms with Crippen molar-refractivity contribution >= 4 is 28.4 Å². The van der Waals surface area contributed by atoms with Crippen LogP contribution in [0.25, 0.3) is 10.9 Å². The lowest BCUT2D eigenvalue weighted by atomic mass is 10.1. The Morgan fingerprint density at radius 3 is 2.42 bits per heavy atom. The second-order valence-electron chi connectivity index (χ2n) is 6.92. The number of para-hydroxylation sites is 1. The molecule has 4 rings (SSSR count). The van der Waals surface area contributed by atoms with Crippen LogP contribution in [0.4, 0.5) is 8.78 Å². The number of nitrogens with one attached hydrogen (secondary N) is 1. The number of H-pyrrole nitrogens is 1. The molecule has 0 aliphatic rings. The first kappa shape index (κ1) is 20.7. The van der Waals surface area contributed by atoms with Crippen molar-refractivity contribution in [2.75, 3.05) is 0 Å². The third kappa shape index (κ3) is 4.46. The number of aromatic amines is 1. The number of amides is 1. The summed E-state index contributed by atoms with van der Waals surface area (Å²) >= 11 is 6.02. The highest BCUT2D eigenvalue weighted by Gasteiger charge is 2.22. The van der Waals surface area contributed by atoms with Crippen LogP contribution in [0.15, 0.2) is 71.5 Å². The number of benzene rings is 3. The van der Waals surface area contributed by atoms with Crippen molar-refractivity contribution in [2.45, 2.75) is 13.1 Å². The summed E-state index contributed by atoms with van der Waals surface area (Å²) in [6.45, 7) is 0.0780. The third-order valence-electron chi connectivity index (χ3n) is 4.75. The molecule has 0 atom stereocenters. The number of hydrogen-bond donors (Lipinski definition) is 1. The normalized spacial score (nSPS) is 10.9. The molecule has 1 aromatic heterocycles. The molecule has 3 aromatic carbocycles. The van der Waals surface area contributed by atoms with Crippen LogP contribution in [0.2, 0.25) is 5.02 Å². The van der Waals surface area contributed by atoms with Crippen molar-refractivity contribution in [3.63, 3.8) is 0 Å². The molecule has 0 radical (unpaired) electrons. The molecule has 0 saturated heterocycles. The molecule has 0 bridgehead atoms. The summed E-state index contributed by atoms with van der Waals surface area (Å²) in [6.07, 6.45) is 0. The van der Waals surface area contributed by atoms with Crippen molar-refractivity contribution < 1.29 is 13.6 Å². The Labute approximate surface area is 180 Å². The summed E-state index contributed by atoms with van der Waals surface area (Å²) in [5.41, 5.74) is 0.773. The maximum Gasteiger partial charge on any atom is 0.258 e. The smallest absolute Gasteiger partial charge is 0.258 e. The number of rotatable bonds is 5. The van der Waals surface area contributed by atoms with E-state index in [1.807, 2.05) is 30.3 Å². The van der Waals surface area contributed by atoms with E-state index >= 15 is 0 Å². The van der Waals surface area contributed by atoms with Gasteiger partial charge in [0, 0.05) is 6.54 Å². The number of fused-ring (bicyclic) bond motifs is 1. The lowest BCUT2D eigenvalue weighted by Crippen LogP contribution is -2.32. The first-order valence-electron chi connectivity index (χ1n) is 9.38. The molecule has 8 heteroatoms. The van der Waals surface area contributed by atoms with Gasteiger partial charge >= 0.3 is 0 Å². The molecule has 156 valence electrons. The van der Waals surface area contributed by atoms with Crippen LogP contribution in [0.1, 0.15) is 21.7 Å². The lowest BCUT2D eigenvalue weighted by molar-refractivity contribution is 0.0725. The highest BCUT2D eigenvalue weighted by molar-refractivity contribution is 6.33. The van der Waals surface area contributed by atoms with Crippen molar-refractivity contribution in [1.29, 1.82) is 0 Å². The van der Waals surface area contributed by atoms with E-state index in [0.717, 1.165) is 17.7 Å². The zero-order valence-corrected chi connectivity index (χ0v) is 16.9. The maximum absolute atomic E-state index is 13.8. The van der Waals surface area contributed by atoms with Gasteiger partial charge in [0.25, 0.3) is 11.5 Å². The Morgan fingerprint density at radius 2 is 1.65 bits per heavy atom. The molecule has 1 N–H and O–H groups in total. The minimum absolute atomic E-state index is 0.0663. The van der Waals surface area contributed by atoms with E-state index in [4.69, 9.17) is 11.6 Å². The number of carbonyl (C=O) groups excluding carboxylic acids is 1. The van der Waals surface area contributed by atoms with Crippen molar-refractivity contribution in [3.8, 4) is 0 Å². The zero-order chi connectivity index (χ0) is 22.0. The van der Waals surface area contributed by atoms with Gasteiger partial charge < -0.3 is 9.88 Å². The second kappa shape index (κ2) is 8.65. The van der Waals surface area contributed by atoms with E-state index in [1.54, 1.807) is 24.3 Å². The molecule has 5 nitrogen and oxygen atoms in total. The molecule has 0 fully saturated rings. The Kier molecular flexibility index (Phi) is 5.77. The molecule has 1 amide bonds. The third-order valence-corrected chi connectivity index (χ3v) is 5.06. The van der Waals surface area contributed by atoms with E-state index < -0.39 is 17.5 Å². The Hall–Kier alpha value is -3.58. The standard InChI is InChI=1S/C23H16ClF2N3O2/c24-17-11-19(26)18(25)10-16(17)23(31)29(12-14-6-2-1-3-7-14)13-21-27-20-9-5-4-8-15(20)22(30)28-21/h1-11H,12-13H2,(H,27,28,30). The van der Waals surface area contributed by atoms with Crippen LogP contribution in [0.3, 0.4) is 0 Å². The molecule has 0 aliphatic carbocycles. The van der Waals surface area contributed by atoms with E-state index in [-0.39, 0.29) is 35.1 Å². The number of hydrogen-bond acceptors (Lipinski definition) is 3. The maximum atomic E-state index is 13.8. The zero-order valence-electron chi connectivity index (χ0n) is 16.1. The molecular weight excluding hydrogens is 424 g/mol. The second-order valence-corrected chi connectivity index (χ2v) is 7.33. The van der Waals surface area contributed by atoms with E-state index in [1.165, 1.54) is 4.90 Å². The summed E-state index contributed by atoms with van der Waals surface area (Å²) < 4.78 is 27.3. The van der Waals surface area contributed by atoms with Crippen LogP contribution in [0.5, 0.6) is 0 Å². The van der Waals surface area contributed by atoms with Crippen LogP contribution in [-0.2, 0) is 13.1 Å². The van der Waals surface area contributed by atoms with Gasteiger partial charge in [-0.3, -0.25) is 9.59 Å². The van der Waals surface area contributed by atoms with E-state index in [2.05, 4.69) is 9.97 Å². The largest absolute Gasteiger partial charge is 0.327 e. The molecule has 0 saturated carbocycles. The summed E-state index contributed by atoms with van der Waals surface area (Å²) in [7, 11) is 0. The number of nitrogens with zero attached hydrogens (tertiary/aromatic N) is 2. The van der Waals surface area contributed by atoms with Gasteiger partial charge in [-0.2, -0.15) is 0 Å². The molecule has 0 unspecified atom stereocenters. The predicted molar refractivity (Wildman–Crippen MR) is 114 cm³/mol. The molecule has 31 heavy (non-hydrogen) atoms. The van der Waals surface area contributed by atoms with Crippen LogP contribution in [-0.4, -0.2) is 20.8 Å². The highest BCUT2D eigenvalue weighted by atomic mass is 35.5. The van der Waals surface area contributed by atoms with Gasteiger partial charge in [0.05, 0.1) is 28.0 Å². The van der Waals surface area contributed by atoms with E-state index in [0.29, 0.717) is 10.9 Å². The average molecular weight is 440 g/mol. The highest BCUT2D eigenvalue weighted by Crippen LogP contribution is 2.23. The van der Waals surface area contributed by atoms with Crippen molar-refractivity contribution in [3.05, 3.63) is 111 Å². The lowest BCUT2D eigenvalue weighted by Gasteiger charge is -2.23. The Bertz CT molecular complexity index is 1330. The summed E-state index contributed by atoms with van der Waals surface area (Å²) in [4.78, 5) is 34.1. The van der Waals surface area contributed by atoms with Crippen LogP contribution in [0, 0.1) is 11.6 Å². The summed E-state index contributed by atoms with van der Waals surface area (Å²) in [6, 6.07) is 17.5. The summed E-state index contributed by atoms with van der Waals surface area (Å²) in [5.74, 6) is -2.68. The molecular formula is C23H16ClF2N3O2. The molecule has 0 aliphatic heterocycles. The van der Waals surface area contributed by atoms with Crippen molar-refractivity contribution in [1.82, 2.24) is 14.9 Å². The SMILES string of the molecule is O=C(c1cc(F)c(F)cc1Cl)N(Cc1ccccc1)Cc1nc2ccccc2c(=O)[nH]1. The fourth-order valence-electron chi connectivity index (χ4n) is 3.25. The quantitative estimate of drug-likeness (QED) is 0.458. The van der Waals surface area contributed by atoms with Gasteiger partial charge in [0.15, 0.2) is 11.6 Å². The Morgan fingerprint density at radius 1 is 0.968 bits per heavy atom. The van der Waals surface area contributed by atoms with Crippen molar-refractivity contribution in [2.24, 2.45) is 0 Å². The fourth-order valence-corrected chi connectivity index (χ4v) is 3.48. The first-order chi connectivity index (χ1) is 14.9. The topological polar surface area (TPSA) is 66.1 Å². The monoisotopic (exact) mass is 439 g/mol. The molecule has 1 heterocycles. The van der Waals surface area contributed by atoms with Gasteiger partial charge in [-0.1, -0.05) is 54.1 Å². The number of carbonyl (C=O) groups is 1. The van der Waals surface area contributed by atoms with Gasteiger partial charge in [0.2, 0.25) is 0 Å². The minimum Gasteiger partial charge on any atom is -0.327 e. The van der Waals surface area contributed by atoms with Gasteiger partial charge in [-0.15, -0.1) is 0 Å².